The van der Waals surface area contributed by atoms with Crippen LogP contribution in [-0.2, 0) is 6.54 Å². The van der Waals surface area contributed by atoms with E-state index in [2.05, 4.69) is 5.10 Å². The van der Waals surface area contributed by atoms with Crippen molar-refractivity contribution >= 4 is 11.8 Å². The summed E-state index contributed by atoms with van der Waals surface area (Å²) in [4.78, 5) is 10.6. The molecule has 1 aromatic heterocycles. The Kier molecular flexibility index (Phi) is 2.03. The Morgan fingerprint density at radius 3 is 2.58 bits per heavy atom. The van der Waals surface area contributed by atoms with Gasteiger partial charge in [-0.05, 0) is 13.8 Å². The number of carboxylic acid groups (broad SMARTS) is 1. The second kappa shape index (κ2) is 2.84. The van der Waals surface area contributed by atoms with Gasteiger partial charge in [0.2, 0.25) is 0 Å². The first-order valence-electron chi connectivity index (χ1n) is 3.64. The van der Waals surface area contributed by atoms with Gasteiger partial charge in [0.15, 0.2) is 5.69 Å². The molecular formula is C7H11N3O2. The zero-order valence-electron chi connectivity index (χ0n) is 7.03. The Balaban J connectivity index is 3.25. The first kappa shape index (κ1) is 8.58. The van der Waals surface area contributed by atoms with Crippen LogP contribution in [0, 0.1) is 6.92 Å². The largest absolute Gasteiger partial charge is 0.476 e. The lowest BCUT2D eigenvalue weighted by Crippen LogP contribution is -2.03. The van der Waals surface area contributed by atoms with Crippen molar-refractivity contribution in [3.63, 3.8) is 0 Å². The molecule has 0 saturated heterocycles. The Hall–Kier alpha value is -1.52. The molecule has 0 aliphatic heterocycles. The van der Waals surface area contributed by atoms with E-state index in [1.807, 2.05) is 6.92 Å². The minimum Gasteiger partial charge on any atom is -0.476 e. The number of aryl methyl sites for hydroxylation is 1. The van der Waals surface area contributed by atoms with Crippen LogP contribution in [0.1, 0.15) is 23.0 Å². The van der Waals surface area contributed by atoms with Crippen molar-refractivity contribution in [1.82, 2.24) is 9.78 Å². The lowest BCUT2D eigenvalue weighted by atomic mass is 10.2. The molecule has 5 heteroatoms. The number of rotatable bonds is 2. The number of hydrogen-bond donors (Lipinski definition) is 2. The fourth-order valence-corrected chi connectivity index (χ4v) is 1.01. The monoisotopic (exact) mass is 169 g/mol. The first-order valence-corrected chi connectivity index (χ1v) is 3.64. The molecule has 0 fully saturated rings. The van der Waals surface area contributed by atoms with Crippen LogP contribution in [0.15, 0.2) is 0 Å². The van der Waals surface area contributed by atoms with E-state index in [1.165, 1.54) is 4.68 Å². The van der Waals surface area contributed by atoms with E-state index in [0.29, 0.717) is 17.9 Å². The highest BCUT2D eigenvalue weighted by Gasteiger charge is 2.15. The standard InChI is InChI=1S/C7H11N3O2/c1-3-10-6(8)4(2)5(9-10)7(11)12/h3,8H2,1-2H3,(H,11,12). The third-order valence-corrected chi connectivity index (χ3v) is 1.74. The highest BCUT2D eigenvalue weighted by Crippen LogP contribution is 2.14. The normalized spacial score (nSPS) is 10.2. The Morgan fingerprint density at radius 2 is 2.33 bits per heavy atom. The second-order valence-electron chi connectivity index (χ2n) is 2.48. The van der Waals surface area contributed by atoms with Crippen LogP contribution < -0.4 is 5.73 Å². The van der Waals surface area contributed by atoms with Gasteiger partial charge in [-0.1, -0.05) is 0 Å². The van der Waals surface area contributed by atoms with E-state index in [0.717, 1.165) is 0 Å². The van der Waals surface area contributed by atoms with Crippen LogP contribution in [-0.4, -0.2) is 20.9 Å². The fourth-order valence-electron chi connectivity index (χ4n) is 1.01. The number of nitrogens with zero attached hydrogens (tertiary/aromatic N) is 2. The maximum absolute atomic E-state index is 10.6. The van der Waals surface area contributed by atoms with Gasteiger partial charge >= 0.3 is 5.97 Å². The molecule has 0 aromatic carbocycles. The SMILES string of the molecule is CCn1nc(C(=O)O)c(C)c1N. The number of nitrogens with two attached hydrogens (primary N) is 1. The van der Waals surface area contributed by atoms with Crippen molar-refractivity contribution in [1.29, 1.82) is 0 Å². The highest BCUT2D eigenvalue weighted by atomic mass is 16.4. The molecule has 0 unspecified atom stereocenters. The summed E-state index contributed by atoms with van der Waals surface area (Å²) in [5.74, 6) is -0.610. The van der Waals surface area contributed by atoms with Crippen LogP contribution in [0.5, 0.6) is 0 Å². The molecule has 0 amide bonds. The minimum atomic E-state index is -1.04. The molecule has 5 nitrogen and oxygen atoms in total. The topological polar surface area (TPSA) is 81.1 Å². The lowest BCUT2D eigenvalue weighted by Gasteiger charge is -1.96. The van der Waals surface area contributed by atoms with E-state index in [-0.39, 0.29) is 5.69 Å². The zero-order chi connectivity index (χ0) is 9.30. The number of nitrogen functional groups attached to an aromatic ring is 1. The molecule has 0 saturated carbocycles. The quantitative estimate of drug-likeness (QED) is 0.675. The van der Waals surface area contributed by atoms with E-state index in [1.54, 1.807) is 6.92 Å². The molecule has 0 aliphatic carbocycles. The molecule has 0 radical (unpaired) electrons. The molecule has 1 aromatic rings. The summed E-state index contributed by atoms with van der Waals surface area (Å²) in [5, 5.41) is 12.5. The third-order valence-electron chi connectivity index (χ3n) is 1.74. The van der Waals surface area contributed by atoms with Crippen molar-refractivity contribution in [2.24, 2.45) is 0 Å². The third kappa shape index (κ3) is 1.13. The Labute approximate surface area is 69.8 Å². The van der Waals surface area contributed by atoms with Crippen LogP contribution in [0.25, 0.3) is 0 Å². The summed E-state index contributed by atoms with van der Waals surface area (Å²) >= 11 is 0. The smallest absolute Gasteiger partial charge is 0.356 e. The van der Waals surface area contributed by atoms with Crippen molar-refractivity contribution in [2.45, 2.75) is 20.4 Å². The van der Waals surface area contributed by atoms with Crippen molar-refractivity contribution in [3.05, 3.63) is 11.3 Å². The summed E-state index contributed by atoms with van der Waals surface area (Å²) in [7, 11) is 0. The summed E-state index contributed by atoms with van der Waals surface area (Å²) in [6, 6.07) is 0. The summed E-state index contributed by atoms with van der Waals surface area (Å²) in [6.45, 7) is 4.09. The van der Waals surface area contributed by atoms with Crippen LogP contribution in [0.2, 0.25) is 0 Å². The average molecular weight is 169 g/mol. The van der Waals surface area contributed by atoms with Gasteiger partial charge in [0, 0.05) is 12.1 Å². The predicted molar refractivity (Wildman–Crippen MR) is 44.0 cm³/mol. The Bertz CT molecular complexity index is 317. The highest BCUT2D eigenvalue weighted by molar-refractivity contribution is 5.88. The number of aromatic nitrogens is 2. The molecule has 1 rings (SSSR count). The van der Waals surface area contributed by atoms with Gasteiger partial charge < -0.3 is 10.8 Å². The minimum absolute atomic E-state index is 0.0364. The number of carbonyl (C=O) groups is 1. The number of carboxylic acids is 1. The van der Waals surface area contributed by atoms with Gasteiger partial charge in [-0.3, -0.25) is 0 Å². The van der Waals surface area contributed by atoms with Gasteiger partial charge in [-0.15, -0.1) is 0 Å². The summed E-state index contributed by atoms with van der Waals surface area (Å²) in [5.41, 5.74) is 6.16. The zero-order valence-corrected chi connectivity index (χ0v) is 7.03. The molecule has 0 aliphatic rings. The number of anilines is 1. The van der Waals surface area contributed by atoms with Crippen LogP contribution in [0.4, 0.5) is 5.82 Å². The average Bonchev–Trinajstić information content (AvgIpc) is 2.30. The van der Waals surface area contributed by atoms with E-state index in [4.69, 9.17) is 10.8 Å². The Morgan fingerprint density at radius 1 is 1.75 bits per heavy atom. The second-order valence-corrected chi connectivity index (χ2v) is 2.48. The summed E-state index contributed by atoms with van der Waals surface area (Å²) in [6.07, 6.45) is 0. The molecule has 0 bridgehead atoms. The van der Waals surface area contributed by atoms with E-state index >= 15 is 0 Å². The summed E-state index contributed by atoms with van der Waals surface area (Å²) < 4.78 is 1.47. The van der Waals surface area contributed by atoms with Crippen molar-refractivity contribution in [3.8, 4) is 0 Å². The molecular weight excluding hydrogens is 158 g/mol. The molecule has 12 heavy (non-hydrogen) atoms. The van der Waals surface area contributed by atoms with Gasteiger partial charge in [-0.25, -0.2) is 9.48 Å². The van der Waals surface area contributed by atoms with Crippen molar-refractivity contribution < 1.29 is 9.90 Å². The maximum atomic E-state index is 10.6. The fraction of sp³-hybridized carbons (Fsp3) is 0.429. The van der Waals surface area contributed by atoms with Crippen LogP contribution >= 0.6 is 0 Å². The first-order chi connectivity index (χ1) is 5.57. The van der Waals surface area contributed by atoms with E-state index < -0.39 is 5.97 Å². The molecule has 66 valence electrons. The van der Waals surface area contributed by atoms with Gasteiger partial charge in [0.1, 0.15) is 5.82 Å². The van der Waals surface area contributed by atoms with E-state index in [9.17, 15) is 4.79 Å². The maximum Gasteiger partial charge on any atom is 0.356 e. The van der Waals surface area contributed by atoms with Gasteiger partial charge in [-0.2, -0.15) is 5.10 Å². The molecule has 3 N–H and O–H groups in total. The molecule has 0 atom stereocenters. The molecule has 0 spiro atoms. The number of hydrogen-bond acceptors (Lipinski definition) is 3. The lowest BCUT2D eigenvalue weighted by molar-refractivity contribution is 0.0688. The predicted octanol–water partition coefficient (Wildman–Crippen LogP) is 0.492. The number of aromatic carboxylic acids is 1. The van der Waals surface area contributed by atoms with Gasteiger partial charge in [0.25, 0.3) is 0 Å². The van der Waals surface area contributed by atoms with Crippen molar-refractivity contribution in [2.75, 3.05) is 5.73 Å². The van der Waals surface area contributed by atoms with Gasteiger partial charge in [0.05, 0.1) is 0 Å². The van der Waals surface area contributed by atoms with Crippen LogP contribution in [0.3, 0.4) is 0 Å². The molecule has 1 heterocycles.